The molecule has 1 atom stereocenters. The van der Waals surface area contributed by atoms with Crippen molar-refractivity contribution in [1.29, 1.82) is 0 Å². The fourth-order valence-electron chi connectivity index (χ4n) is 10.2. The number of ether oxygens (including phenoxy) is 3. The molecule has 6 nitrogen and oxygen atoms in total. The fraction of sp³-hybridized carbons (Fsp3) is 0.797. The van der Waals surface area contributed by atoms with Gasteiger partial charge in [-0.2, -0.15) is 0 Å². The highest BCUT2D eigenvalue weighted by molar-refractivity contribution is 5.71. The number of unbranched alkanes of at least 4 members (excludes halogenated alkanes) is 41. The van der Waals surface area contributed by atoms with Gasteiger partial charge in [0.2, 0.25) is 0 Å². The lowest BCUT2D eigenvalue weighted by Crippen LogP contribution is -2.30. The SMILES string of the molecule is CC/C=C\C/C=C\C/C=C\C/C=C\C/C=C\CCCCCCCCCCCCCCCCCCCC(=O)OCC(COC(=O)CCCCCCC/C=C\CCCC)OC(=O)CCCCCCCCCCCCCCCCCCCC. The highest BCUT2D eigenvalue weighted by atomic mass is 16.6. The van der Waals surface area contributed by atoms with Crippen molar-refractivity contribution in [3.8, 4) is 0 Å². The largest absolute Gasteiger partial charge is 0.462 e. The number of carbonyl (C=O) groups is 3. The molecule has 0 saturated heterocycles. The summed E-state index contributed by atoms with van der Waals surface area (Å²) in [5, 5.41) is 0. The fourth-order valence-corrected chi connectivity index (χ4v) is 10.2. The van der Waals surface area contributed by atoms with Crippen molar-refractivity contribution in [2.24, 2.45) is 0 Å². The van der Waals surface area contributed by atoms with E-state index in [1.54, 1.807) is 0 Å². The Morgan fingerprint density at radius 2 is 0.500 bits per heavy atom. The molecule has 0 aliphatic carbocycles. The van der Waals surface area contributed by atoms with Crippen LogP contribution in [0.2, 0.25) is 0 Å². The molecule has 0 N–H and O–H groups in total. The van der Waals surface area contributed by atoms with Crippen molar-refractivity contribution in [2.75, 3.05) is 13.2 Å². The average Bonchev–Trinajstić information content (AvgIpc) is 3.46. The molecule has 80 heavy (non-hydrogen) atoms. The molecular weight excluding hydrogens is 985 g/mol. The molecule has 1 unspecified atom stereocenters. The Morgan fingerprint density at radius 3 is 0.812 bits per heavy atom. The van der Waals surface area contributed by atoms with Crippen molar-refractivity contribution in [3.63, 3.8) is 0 Å². The minimum Gasteiger partial charge on any atom is -0.462 e. The van der Waals surface area contributed by atoms with Crippen LogP contribution in [0.5, 0.6) is 0 Å². The quantitative estimate of drug-likeness (QED) is 0.0261. The molecule has 0 bridgehead atoms. The van der Waals surface area contributed by atoms with Crippen LogP contribution in [-0.4, -0.2) is 37.2 Å². The van der Waals surface area contributed by atoms with Crippen LogP contribution >= 0.6 is 0 Å². The number of esters is 3. The summed E-state index contributed by atoms with van der Waals surface area (Å²) in [5.41, 5.74) is 0. The Morgan fingerprint density at radius 1 is 0.263 bits per heavy atom. The van der Waals surface area contributed by atoms with Gasteiger partial charge in [0.1, 0.15) is 13.2 Å². The zero-order valence-corrected chi connectivity index (χ0v) is 53.3. The first-order valence-electron chi connectivity index (χ1n) is 34.9. The normalized spacial score (nSPS) is 12.5. The third-order valence-electron chi connectivity index (χ3n) is 15.4. The maximum Gasteiger partial charge on any atom is 0.306 e. The van der Waals surface area contributed by atoms with Gasteiger partial charge < -0.3 is 14.2 Å². The number of allylic oxidation sites excluding steroid dienone is 12. The summed E-state index contributed by atoms with van der Waals surface area (Å²) in [6, 6.07) is 0. The lowest BCUT2D eigenvalue weighted by atomic mass is 10.0. The summed E-state index contributed by atoms with van der Waals surface area (Å²) < 4.78 is 16.9. The number of rotatable bonds is 64. The molecule has 0 aliphatic heterocycles. The van der Waals surface area contributed by atoms with E-state index in [4.69, 9.17) is 14.2 Å². The van der Waals surface area contributed by atoms with E-state index < -0.39 is 6.10 Å². The maximum absolute atomic E-state index is 12.9. The Kier molecular flexibility index (Phi) is 65.7. The minimum atomic E-state index is -0.775. The van der Waals surface area contributed by atoms with Crippen LogP contribution in [0.4, 0.5) is 0 Å². The molecule has 0 radical (unpaired) electrons. The standard InChI is InChI=1S/C74H132O6/c1-4-7-10-13-16-19-22-24-26-28-30-31-32-33-34-35-36-37-38-39-40-41-42-43-44-46-47-49-52-55-58-61-64-67-73(76)79-70-71(69-78-72(75)66-63-60-57-54-51-21-18-15-12-9-6-3)80-74(77)68-65-62-59-56-53-50-48-45-29-27-25-23-20-17-14-11-8-5-2/h7,10,15-16,18-19,24,26,30-31,33-34,71H,4-6,8-9,11-14,17,20-23,25,27-29,32,35-70H2,1-3H3/b10-7-,18-15-,19-16-,26-24-,31-30-,34-33-. The average molecular weight is 1120 g/mol. The van der Waals surface area contributed by atoms with Crippen LogP contribution in [0.3, 0.4) is 0 Å². The van der Waals surface area contributed by atoms with Gasteiger partial charge in [-0.15, -0.1) is 0 Å². The van der Waals surface area contributed by atoms with E-state index in [1.807, 2.05) is 0 Å². The smallest absolute Gasteiger partial charge is 0.306 e. The van der Waals surface area contributed by atoms with E-state index in [0.717, 1.165) is 96.3 Å². The van der Waals surface area contributed by atoms with E-state index in [-0.39, 0.29) is 31.1 Å². The topological polar surface area (TPSA) is 78.9 Å². The first-order valence-corrected chi connectivity index (χ1v) is 34.9. The van der Waals surface area contributed by atoms with Crippen molar-refractivity contribution < 1.29 is 28.6 Å². The Balaban J connectivity index is 4.11. The van der Waals surface area contributed by atoms with Gasteiger partial charge in [-0.1, -0.05) is 331 Å². The second-order valence-electron chi connectivity index (χ2n) is 23.4. The molecule has 0 spiro atoms. The van der Waals surface area contributed by atoms with Crippen LogP contribution < -0.4 is 0 Å². The van der Waals surface area contributed by atoms with Crippen LogP contribution in [0.1, 0.15) is 361 Å². The molecule has 6 heteroatoms. The van der Waals surface area contributed by atoms with Gasteiger partial charge in [0.05, 0.1) is 0 Å². The molecule has 0 aromatic rings. The van der Waals surface area contributed by atoms with E-state index in [0.29, 0.717) is 19.3 Å². The highest BCUT2D eigenvalue weighted by Gasteiger charge is 2.19. The molecule has 0 amide bonds. The van der Waals surface area contributed by atoms with E-state index in [9.17, 15) is 14.4 Å². The number of carbonyl (C=O) groups excluding carboxylic acids is 3. The number of hydrogen-bond acceptors (Lipinski definition) is 6. The Labute approximate surface area is 497 Å². The molecule has 0 heterocycles. The van der Waals surface area contributed by atoms with Gasteiger partial charge in [-0.25, -0.2) is 0 Å². The second-order valence-corrected chi connectivity index (χ2v) is 23.4. The van der Waals surface area contributed by atoms with Crippen molar-refractivity contribution in [1.82, 2.24) is 0 Å². The molecule has 0 saturated carbocycles. The van der Waals surface area contributed by atoms with Crippen molar-refractivity contribution >= 4 is 17.9 Å². The summed E-state index contributed by atoms with van der Waals surface area (Å²) in [6.45, 7) is 6.53. The van der Waals surface area contributed by atoms with Gasteiger partial charge in [-0.05, 0) is 83.5 Å². The molecular formula is C74H132O6. The van der Waals surface area contributed by atoms with Crippen molar-refractivity contribution in [2.45, 2.75) is 367 Å². The zero-order valence-electron chi connectivity index (χ0n) is 53.3. The summed E-state index contributed by atoms with van der Waals surface area (Å²) in [5.74, 6) is -0.860. The van der Waals surface area contributed by atoms with Gasteiger partial charge >= 0.3 is 17.9 Å². The minimum absolute atomic E-state index is 0.0721. The van der Waals surface area contributed by atoms with Gasteiger partial charge in [-0.3, -0.25) is 14.4 Å². The van der Waals surface area contributed by atoms with E-state index >= 15 is 0 Å². The van der Waals surface area contributed by atoms with Gasteiger partial charge in [0, 0.05) is 19.3 Å². The van der Waals surface area contributed by atoms with Crippen LogP contribution in [0.25, 0.3) is 0 Å². The maximum atomic E-state index is 12.9. The van der Waals surface area contributed by atoms with Gasteiger partial charge in [0.15, 0.2) is 6.10 Å². The zero-order chi connectivity index (χ0) is 57.8. The van der Waals surface area contributed by atoms with Crippen LogP contribution in [0, 0.1) is 0 Å². The molecule has 0 rings (SSSR count). The molecule has 0 fully saturated rings. The summed E-state index contributed by atoms with van der Waals surface area (Å²) in [6.07, 6.45) is 89.4. The Bertz CT molecular complexity index is 1470. The van der Waals surface area contributed by atoms with Gasteiger partial charge in [0.25, 0.3) is 0 Å². The predicted molar refractivity (Wildman–Crippen MR) is 348 cm³/mol. The number of hydrogen-bond donors (Lipinski definition) is 0. The first kappa shape index (κ1) is 76.9. The van der Waals surface area contributed by atoms with Crippen LogP contribution in [-0.2, 0) is 28.6 Å². The summed E-state index contributed by atoms with van der Waals surface area (Å²) in [4.78, 5) is 38.3. The predicted octanol–water partition coefficient (Wildman–Crippen LogP) is 24.1. The summed E-state index contributed by atoms with van der Waals surface area (Å²) in [7, 11) is 0. The first-order chi connectivity index (χ1) is 39.5. The summed E-state index contributed by atoms with van der Waals surface area (Å²) >= 11 is 0. The molecule has 0 aromatic heterocycles. The van der Waals surface area contributed by atoms with E-state index in [2.05, 4.69) is 93.7 Å². The van der Waals surface area contributed by atoms with E-state index in [1.165, 1.54) is 225 Å². The lowest BCUT2D eigenvalue weighted by Gasteiger charge is -2.18. The highest BCUT2D eigenvalue weighted by Crippen LogP contribution is 2.18. The van der Waals surface area contributed by atoms with Crippen molar-refractivity contribution in [3.05, 3.63) is 72.9 Å². The monoisotopic (exact) mass is 1120 g/mol. The third kappa shape index (κ3) is 65.7. The third-order valence-corrected chi connectivity index (χ3v) is 15.4. The molecule has 0 aliphatic rings. The second kappa shape index (κ2) is 68.3. The lowest BCUT2D eigenvalue weighted by molar-refractivity contribution is -0.167. The Hall–Kier alpha value is -3.15. The molecule has 0 aromatic carbocycles. The molecule has 464 valence electrons. The van der Waals surface area contributed by atoms with Crippen LogP contribution in [0.15, 0.2) is 72.9 Å².